The number of hydrogen-bond donors (Lipinski definition) is 1. The summed E-state index contributed by atoms with van der Waals surface area (Å²) in [6, 6.07) is 3.74. The lowest BCUT2D eigenvalue weighted by Crippen LogP contribution is -2.37. The van der Waals surface area contributed by atoms with Crippen molar-refractivity contribution in [1.82, 2.24) is 4.98 Å². The van der Waals surface area contributed by atoms with Gasteiger partial charge >= 0.3 is 5.97 Å². The fourth-order valence-corrected chi connectivity index (χ4v) is 1.59. The summed E-state index contributed by atoms with van der Waals surface area (Å²) in [6.45, 7) is 6.13. The standard InChI is InChI=1S/C12H17ClN2O2/c1-8(2)15(7-9(3)12(16)17)11-5-4-10(13)6-14-11/h4-6,8-9H,7H2,1-3H3,(H,16,17). The molecule has 1 aromatic heterocycles. The largest absolute Gasteiger partial charge is 0.481 e. The molecule has 0 fully saturated rings. The molecule has 0 bridgehead atoms. The molecule has 1 N–H and O–H groups in total. The van der Waals surface area contributed by atoms with Gasteiger partial charge in [-0.05, 0) is 26.0 Å². The van der Waals surface area contributed by atoms with Crippen molar-refractivity contribution in [2.45, 2.75) is 26.8 Å². The first-order valence-corrected chi connectivity index (χ1v) is 5.90. The molecule has 0 amide bonds. The minimum Gasteiger partial charge on any atom is -0.481 e. The molecule has 1 atom stereocenters. The average molecular weight is 257 g/mol. The summed E-state index contributed by atoms with van der Waals surface area (Å²) in [6.07, 6.45) is 1.57. The van der Waals surface area contributed by atoms with Gasteiger partial charge < -0.3 is 10.0 Å². The maximum absolute atomic E-state index is 10.9. The fourth-order valence-electron chi connectivity index (χ4n) is 1.48. The van der Waals surface area contributed by atoms with Crippen LogP contribution in [0.5, 0.6) is 0 Å². The van der Waals surface area contributed by atoms with Crippen molar-refractivity contribution in [2.24, 2.45) is 5.92 Å². The summed E-state index contributed by atoms with van der Waals surface area (Å²) >= 11 is 5.78. The second-order valence-corrected chi connectivity index (χ2v) is 4.76. The van der Waals surface area contributed by atoms with E-state index in [-0.39, 0.29) is 6.04 Å². The van der Waals surface area contributed by atoms with E-state index >= 15 is 0 Å². The Kier molecular flexibility index (Phi) is 4.75. The number of carboxylic acids is 1. The summed E-state index contributed by atoms with van der Waals surface area (Å²) in [5.74, 6) is -0.489. The van der Waals surface area contributed by atoms with E-state index in [2.05, 4.69) is 4.98 Å². The van der Waals surface area contributed by atoms with E-state index in [9.17, 15) is 4.79 Å². The lowest BCUT2D eigenvalue weighted by Gasteiger charge is -2.29. The van der Waals surface area contributed by atoms with Gasteiger partial charge in [-0.25, -0.2) is 4.98 Å². The van der Waals surface area contributed by atoms with Gasteiger partial charge in [0.2, 0.25) is 0 Å². The molecule has 0 spiro atoms. The molecule has 0 radical (unpaired) electrons. The van der Waals surface area contributed by atoms with Crippen LogP contribution in [0.3, 0.4) is 0 Å². The third-order valence-electron chi connectivity index (χ3n) is 2.52. The number of pyridine rings is 1. The van der Waals surface area contributed by atoms with E-state index in [1.807, 2.05) is 18.7 Å². The number of carboxylic acid groups (broad SMARTS) is 1. The summed E-state index contributed by atoms with van der Waals surface area (Å²) in [7, 11) is 0. The zero-order chi connectivity index (χ0) is 13.0. The number of nitrogens with zero attached hydrogens (tertiary/aromatic N) is 2. The van der Waals surface area contributed by atoms with Crippen molar-refractivity contribution < 1.29 is 9.90 Å². The minimum absolute atomic E-state index is 0.186. The Labute approximate surface area is 106 Å². The van der Waals surface area contributed by atoms with Gasteiger partial charge in [0.05, 0.1) is 10.9 Å². The SMILES string of the molecule is CC(CN(c1ccc(Cl)cn1)C(C)C)C(=O)O. The average Bonchev–Trinajstić information content (AvgIpc) is 2.26. The Morgan fingerprint density at radius 3 is 2.53 bits per heavy atom. The van der Waals surface area contributed by atoms with Crippen molar-refractivity contribution >= 4 is 23.4 Å². The third-order valence-corrected chi connectivity index (χ3v) is 2.75. The maximum Gasteiger partial charge on any atom is 0.308 e. The van der Waals surface area contributed by atoms with Gasteiger partial charge in [0.25, 0.3) is 0 Å². The van der Waals surface area contributed by atoms with Crippen LogP contribution in [-0.4, -0.2) is 28.6 Å². The molecule has 1 unspecified atom stereocenters. The Morgan fingerprint density at radius 1 is 1.47 bits per heavy atom. The van der Waals surface area contributed by atoms with Gasteiger partial charge in [0.1, 0.15) is 5.82 Å². The maximum atomic E-state index is 10.9. The molecule has 0 aromatic carbocycles. The van der Waals surface area contributed by atoms with E-state index in [4.69, 9.17) is 16.7 Å². The highest BCUT2D eigenvalue weighted by Gasteiger charge is 2.19. The van der Waals surface area contributed by atoms with Gasteiger partial charge in [0.15, 0.2) is 0 Å². The summed E-state index contributed by atoms with van der Waals surface area (Å²) in [5, 5.41) is 9.51. The van der Waals surface area contributed by atoms with Crippen LogP contribution in [0.4, 0.5) is 5.82 Å². The number of carbonyl (C=O) groups is 1. The van der Waals surface area contributed by atoms with Gasteiger partial charge in [-0.3, -0.25) is 4.79 Å². The predicted octanol–water partition coefficient (Wildman–Crippen LogP) is 2.67. The molecular formula is C12H17ClN2O2. The van der Waals surface area contributed by atoms with Crippen molar-refractivity contribution in [2.75, 3.05) is 11.4 Å². The smallest absolute Gasteiger partial charge is 0.308 e. The number of anilines is 1. The van der Waals surface area contributed by atoms with Gasteiger partial charge in [-0.1, -0.05) is 18.5 Å². The Balaban J connectivity index is 2.86. The van der Waals surface area contributed by atoms with E-state index < -0.39 is 11.9 Å². The van der Waals surface area contributed by atoms with Crippen LogP contribution >= 0.6 is 11.6 Å². The first-order valence-electron chi connectivity index (χ1n) is 5.52. The molecule has 17 heavy (non-hydrogen) atoms. The fraction of sp³-hybridized carbons (Fsp3) is 0.500. The minimum atomic E-state index is -0.801. The first kappa shape index (κ1) is 13.8. The van der Waals surface area contributed by atoms with E-state index in [1.165, 1.54) is 0 Å². The molecule has 1 heterocycles. The topological polar surface area (TPSA) is 53.4 Å². The molecule has 94 valence electrons. The van der Waals surface area contributed by atoms with Crippen molar-refractivity contribution in [1.29, 1.82) is 0 Å². The van der Waals surface area contributed by atoms with Crippen LogP contribution in [0.2, 0.25) is 5.02 Å². The predicted molar refractivity (Wildman–Crippen MR) is 68.5 cm³/mol. The molecule has 0 aliphatic heterocycles. The second-order valence-electron chi connectivity index (χ2n) is 4.32. The van der Waals surface area contributed by atoms with Crippen molar-refractivity contribution in [3.05, 3.63) is 23.4 Å². The molecule has 0 saturated carbocycles. The number of aromatic nitrogens is 1. The molecule has 0 aliphatic rings. The van der Waals surface area contributed by atoms with Crippen LogP contribution < -0.4 is 4.90 Å². The first-order chi connectivity index (χ1) is 7.91. The Bertz CT molecular complexity index is 379. The zero-order valence-corrected chi connectivity index (χ0v) is 11.0. The van der Waals surface area contributed by atoms with E-state index in [0.29, 0.717) is 11.6 Å². The van der Waals surface area contributed by atoms with Gasteiger partial charge in [0, 0.05) is 18.8 Å². The normalized spacial score (nSPS) is 12.5. The quantitative estimate of drug-likeness (QED) is 0.880. The monoisotopic (exact) mass is 256 g/mol. The molecule has 5 heteroatoms. The van der Waals surface area contributed by atoms with Crippen LogP contribution in [0.1, 0.15) is 20.8 Å². The molecule has 0 saturated heterocycles. The van der Waals surface area contributed by atoms with Crippen LogP contribution in [0.15, 0.2) is 18.3 Å². The summed E-state index contributed by atoms with van der Waals surface area (Å²) in [5.41, 5.74) is 0. The van der Waals surface area contributed by atoms with Crippen LogP contribution in [0, 0.1) is 5.92 Å². The molecule has 1 rings (SSSR count). The molecule has 1 aromatic rings. The number of halogens is 1. The highest BCUT2D eigenvalue weighted by atomic mass is 35.5. The molecular weight excluding hydrogens is 240 g/mol. The number of aliphatic carboxylic acids is 1. The van der Waals surface area contributed by atoms with Crippen LogP contribution in [-0.2, 0) is 4.79 Å². The van der Waals surface area contributed by atoms with Gasteiger partial charge in [-0.15, -0.1) is 0 Å². The summed E-state index contributed by atoms with van der Waals surface area (Å²) < 4.78 is 0. The number of hydrogen-bond acceptors (Lipinski definition) is 3. The Hall–Kier alpha value is -1.29. The Morgan fingerprint density at radius 2 is 2.12 bits per heavy atom. The second kappa shape index (κ2) is 5.87. The zero-order valence-electron chi connectivity index (χ0n) is 10.2. The van der Waals surface area contributed by atoms with E-state index in [1.54, 1.807) is 25.3 Å². The highest BCUT2D eigenvalue weighted by Crippen LogP contribution is 2.18. The molecule has 4 nitrogen and oxygen atoms in total. The van der Waals surface area contributed by atoms with Crippen molar-refractivity contribution in [3.63, 3.8) is 0 Å². The highest BCUT2D eigenvalue weighted by molar-refractivity contribution is 6.30. The van der Waals surface area contributed by atoms with Crippen LogP contribution in [0.25, 0.3) is 0 Å². The lowest BCUT2D eigenvalue weighted by molar-refractivity contribution is -0.140. The lowest BCUT2D eigenvalue weighted by atomic mass is 10.1. The van der Waals surface area contributed by atoms with Gasteiger partial charge in [-0.2, -0.15) is 0 Å². The van der Waals surface area contributed by atoms with Crippen molar-refractivity contribution in [3.8, 4) is 0 Å². The third kappa shape index (κ3) is 3.89. The number of rotatable bonds is 5. The van der Waals surface area contributed by atoms with E-state index in [0.717, 1.165) is 5.82 Å². The summed E-state index contributed by atoms with van der Waals surface area (Å²) in [4.78, 5) is 17.0. The molecule has 0 aliphatic carbocycles.